The Kier molecular flexibility index (Phi) is 4.54. The van der Waals surface area contributed by atoms with Crippen LogP contribution in [0.4, 0.5) is 5.69 Å². The monoisotopic (exact) mass is 359 g/mol. The molecule has 1 amide bonds. The summed E-state index contributed by atoms with van der Waals surface area (Å²) in [6, 6.07) is 3.68. The number of rotatable bonds is 2. The van der Waals surface area contributed by atoms with Crippen LogP contribution >= 0.6 is 15.9 Å². The molecule has 0 radical (unpaired) electrons. The van der Waals surface area contributed by atoms with Crippen molar-refractivity contribution in [2.45, 2.75) is 38.4 Å². The number of hydrogen-bond donors (Lipinski definition) is 1. The van der Waals surface area contributed by atoms with Crippen LogP contribution in [0.3, 0.4) is 0 Å². The lowest BCUT2D eigenvalue weighted by atomic mass is 10.1. The van der Waals surface area contributed by atoms with Crippen LogP contribution in [-0.4, -0.2) is 25.3 Å². The number of amides is 1. The average Bonchev–Trinajstić information content (AvgIpc) is 2.35. The van der Waals surface area contributed by atoms with Crippen molar-refractivity contribution in [3.8, 4) is 0 Å². The number of carbonyl (C=O) groups is 1. The summed E-state index contributed by atoms with van der Waals surface area (Å²) in [6.07, 6.45) is 1.86. The third-order valence-corrected chi connectivity index (χ3v) is 7.00. The van der Waals surface area contributed by atoms with Gasteiger partial charge in [-0.15, -0.1) is 0 Å². The second-order valence-electron chi connectivity index (χ2n) is 5.26. The van der Waals surface area contributed by atoms with Gasteiger partial charge in [0.05, 0.1) is 5.75 Å². The molecule has 20 heavy (non-hydrogen) atoms. The minimum Gasteiger partial charge on any atom is -0.325 e. The van der Waals surface area contributed by atoms with E-state index >= 15 is 0 Å². The lowest BCUT2D eigenvalue weighted by molar-refractivity contribution is -0.116. The number of carbonyl (C=O) groups excluding carboxylic acids is 1. The molecule has 1 aromatic carbocycles. The third kappa shape index (κ3) is 3.23. The Balaban J connectivity index is 2.20. The lowest BCUT2D eigenvalue weighted by Crippen LogP contribution is -2.39. The Labute approximate surface area is 128 Å². The zero-order chi connectivity index (χ0) is 14.9. The van der Waals surface area contributed by atoms with E-state index in [0.29, 0.717) is 18.5 Å². The number of hydrogen-bond acceptors (Lipinski definition) is 3. The van der Waals surface area contributed by atoms with Gasteiger partial charge in [-0.2, -0.15) is 0 Å². The fourth-order valence-corrected chi connectivity index (χ4v) is 4.52. The molecular weight excluding hydrogens is 342 g/mol. The number of anilines is 1. The minimum absolute atomic E-state index is 0.115. The van der Waals surface area contributed by atoms with Crippen molar-refractivity contribution in [3.63, 3.8) is 0 Å². The van der Waals surface area contributed by atoms with Gasteiger partial charge in [0, 0.05) is 10.2 Å². The molecule has 1 aliphatic heterocycles. The van der Waals surface area contributed by atoms with Crippen LogP contribution in [0.5, 0.6) is 0 Å². The summed E-state index contributed by atoms with van der Waals surface area (Å²) in [5, 5.41) is 1.83. The maximum absolute atomic E-state index is 12.2. The highest BCUT2D eigenvalue weighted by molar-refractivity contribution is 9.10. The third-order valence-electron chi connectivity index (χ3n) is 3.58. The minimum atomic E-state index is -3.29. The van der Waals surface area contributed by atoms with Gasteiger partial charge in [0.1, 0.15) is 5.25 Å². The highest BCUT2D eigenvalue weighted by Crippen LogP contribution is 2.26. The van der Waals surface area contributed by atoms with Crippen molar-refractivity contribution in [1.82, 2.24) is 0 Å². The van der Waals surface area contributed by atoms with Gasteiger partial charge in [-0.3, -0.25) is 4.79 Å². The molecule has 0 spiro atoms. The smallest absolute Gasteiger partial charge is 0.242 e. The molecule has 1 fully saturated rings. The average molecular weight is 360 g/mol. The Bertz CT molecular complexity index is 617. The lowest BCUT2D eigenvalue weighted by Gasteiger charge is -2.21. The Morgan fingerprint density at radius 2 is 1.85 bits per heavy atom. The van der Waals surface area contributed by atoms with Crippen LogP contribution in [0.2, 0.25) is 0 Å². The van der Waals surface area contributed by atoms with E-state index in [9.17, 15) is 13.2 Å². The fraction of sp³-hybridized carbons (Fsp3) is 0.500. The van der Waals surface area contributed by atoms with Crippen molar-refractivity contribution < 1.29 is 13.2 Å². The van der Waals surface area contributed by atoms with Crippen LogP contribution in [-0.2, 0) is 14.6 Å². The molecule has 0 bridgehead atoms. The van der Waals surface area contributed by atoms with Crippen molar-refractivity contribution in [1.29, 1.82) is 0 Å². The quantitative estimate of drug-likeness (QED) is 0.882. The Morgan fingerprint density at radius 3 is 2.40 bits per heavy atom. The van der Waals surface area contributed by atoms with Gasteiger partial charge in [0.25, 0.3) is 0 Å². The number of sulfone groups is 1. The normalized spacial score (nSPS) is 21.4. The second-order valence-corrected chi connectivity index (χ2v) is 8.36. The van der Waals surface area contributed by atoms with E-state index in [-0.39, 0.29) is 5.75 Å². The first-order chi connectivity index (χ1) is 9.31. The van der Waals surface area contributed by atoms with Crippen LogP contribution < -0.4 is 5.32 Å². The zero-order valence-electron chi connectivity index (χ0n) is 11.6. The summed E-state index contributed by atoms with van der Waals surface area (Å²) in [7, 11) is -3.29. The number of nitrogens with one attached hydrogen (secondary N) is 1. The summed E-state index contributed by atoms with van der Waals surface area (Å²) in [4.78, 5) is 12.2. The van der Waals surface area contributed by atoms with E-state index in [0.717, 1.165) is 22.0 Å². The van der Waals surface area contributed by atoms with Gasteiger partial charge < -0.3 is 5.32 Å². The van der Waals surface area contributed by atoms with E-state index in [1.165, 1.54) is 0 Å². The first-order valence-corrected chi connectivity index (χ1v) is 9.11. The molecular formula is C14H18BrNO3S. The SMILES string of the molecule is Cc1cc(NC(=O)C2CCCCS2(=O)=O)cc(C)c1Br. The molecule has 6 heteroatoms. The van der Waals surface area contributed by atoms with Crippen LogP contribution in [0.1, 0.15) is 30.4 Å². The molecule has 1 saturated heterocycles. The highest BCUT2D eigenvalue weighted by Gasteiger charge is 2.34. The zero-order valence-corrected chi connectivity index (χ0v) is 14.0. The van der Waals surface area contributed by atoms with Gasteiger partial charge in [-0.1, -0.05) is 22.4 Å². The Morgan fingerprint density at radius 1 is 1.25 bits per heavy atom. The van der Waals surface area contributed by atoms with Gasteiger partial charge in [-0.05, 0) is 49.9 Å². The van der Waals surface area contributed by atoms with E-state index < -0.39 is 21.0 Å². The summed E-state index contributed by atoms with van der Waals surface area (Å²) < 4.78 is 24.9. The molecule has 2 rings (SSSR count). The second kappa shape index (κ2) is 5.85. The van der Waals surface area contributed by atoms with E-state index in [4.69, 9.17) is 0 Å². The van der Waals surface area contributed by atoms with Crippen molar-refractivity contribution in [3.05, 3.63) is 27.7 Å². The predicted octanol–water partition coefficient (Wildman–Crippen LogP) is 2.97. The summed E-state index contributed by atoms with van der Waals surface area (Å²) >= 11 is 3.47. The molecule has 1 N–H and O–H groups in total. The van der Waals surface area contributed by atoms with Crippen LogP contribution in [0.15, 0.2) is 16.6 Å². The number of aryl methyl sites for hydroxylation is 2. The summed E-state index contributed by atoms with van der Waals surface area (Å²) in [6.45, 7) is 3.87. The fourth-order valence-electron chi connectivity index (χ4n) is 2.49. The van der Waals surface area contributed by atoms with Crippen molar-refractivity contribution in [2.24, 2.45) is 0 Å². The van der Waals surface area contributed by atoms with Crippen molar-refractivity contribution in [2.75, 3.05) is 11.1 Å². The molecule has 1 atom stereocenters. The maximum atomic E-state index is 12.2. The number of halogens is 1. The molecule has 4 nitrogen and oxygen atoms in total. The van der Waals surface area contributed by atoms with Crippen LogP contribution in [0, 0.1) is 13.8 Å². The summed E-state index contributed by atoms with van der Waals surface area (Å²) in [5.74, 6) is -0.297. The van der Waals surface area contributed by atoms with E-state index in [2.05, 4.69) is 21.2 Å². The molecule has 1 aromatic rings. The summed E-state index contributed by atoms with van der Waals surface area (Å²) in [5.41, 5.74) is 2.66. The number of benzene rings is 1. The van der Waals surface area contributed by atoms with Gasteiger partial charge in [-0.25, -0.2) is 8.42 Å². The molecule has 0 saturated carbocycles. The standard InChI is InChI=1S/C14H18BrNO3S/c1-9-7-11(8-10(2)13(9)15)16-14(17)12-5-3-4-6-20(12,18)19/h7-8,12H,3-6H2,1-2H3,(H,16,17). The van der Waals surface area contributed by atoms with Gasteiger partial charge in [0.2, 0.25) is 5.91 Å². The largest absolute Gasteiger partial charge is 0.325 e. The first kappa shape index (κ1) is 15.5. The molecule has 0 aromatic heterocycles. The molecule has 0 aliphatic carbocycles. The molecule has 110 valence electrons. The Hall–Kier alpha value is -0.880. The van der Waals surface area contributed by atoms with Crippen LogP contribution in [0.25, 0.3) is 0 Å². The van der Waals surface area contributed by atoms with Crippen molar-refractivity contribution >= 4 is 37.4 Å². The maximum Gasteiger partial charge on any atom is 0.242 e. The topological polar surface area (TPSA) is 63.2 Å². The first-order valence-electron chi connectivity index (χ1n) is 6.60. The molecule has 1 heterocycles. The van der Waals surface area contributed by atoms with Gasteiger partial charge >= 0.3 is 0 Å². The molecule has 1 aliphatic rings. The predicted molar refractivity (Wildman–Crippen MR) is 83.7 cm³/mol. The molecule has 1 unspecified atom stereocenters. The van der Waals surface area contributed by atoms with E-state index in [1.807, 2.05) is 26.0 Å². The highest BCUT2D eigenvalue weighted by atomic mass is 79.9. The van der Waals surface area contributed by atoms with E-state index in [1.54, 1.807) is 0 Å². The van der Waals surface area contributed by atoms with Gasteiger partial charge in [0.15, 0.2) is 9.84 Å².